The van der Waals surface area contributed by atoms with E-state index in [1.54, 1.807) is 17.0 Å². The van der Waals surface area contributed by atoms with Gasteiger partial charge in [-0.1, -0.05) is 12.1 Å². The Hall–Kier alpha value is -3.25. The lowest BCUT2D eigenvalue weighted by Gasteiger charge is -2.42. The van der Waals surface area contributed by atoms with Gasteiger partial charge < -0.3 is 19.6 Å². The number of halogens is 3. The Morgan fingerprint density at radius 1 is 1.23 bits per heavy atom. The molecule has 1 N–H and O–H groups in total. The molecule has 9 heteroatoms. The minimum Gasteiger partial charge on any atom is -0.484 e. The minimum atomic E-state index is -4.62. The van der Waals surface area contributed by atoms with E-state index in [0.717, 1.165) is 11.6 Å². The van der Waals surface area contributed by atoms with Crippen molar-refractivity contribution in [2.24, 2.45) is 11.3 Å². The number of amides is 1. The molecule has 2 saturated heterocycles. The second-order valence-electron chi connectivity index (χ2n) is 9.45. The number of aryl methyl sites for hydroxylation is 1. The first kappa shape index (κ1) is 24.9. The topological polar surface area (TPSA) is 76.8 Å². The third-order valence-corrected chi connectivity index (χ3v) is 7.29. The summed E-state index contributed by atoms with van der Waals surface area (Å²) in [7, 11) is 0. The van der Waals surface area contributed by atoms with Crippen molar-refractivity contribution < 1.29 is 27.8 Å². The van der Waals surface area contributed by atoms with E-state index in [4.69, 9.17) is 10.00 Å². The Labute approximate surface area is 202 Å². The maximum absolute atomic E-state index is 13.4. The average molecular weight is 488 g/mol. The summed E-state index contributed by atoms with van der Waals surface area (Å²) >= 11 is 0. The van der Waals surface area contributed by atoms with E-state index in [0.29, 0.717) is 50.5 Å². The van der Waals surface area contributed by atoms with Gasteiger partial charge in [0.25, 0.3) is 5.91 Å². The van der Waals surface area contributed by atoms with Crippen molar-refractivity contribution in [2.45, 2.75) is 25.9 Å². The molecule has 2 aromatic rings. The minimum absolute atomic E-state index is 0.0581. The molecule has 2 aromatic carbocycles. The highest BCUT2D eigenvalue weighted by Crippen LogP contribution is 2.46. The number of carbonyl (C=O) groups excluding carboxylic acids is 1. The maximum Gasteiger partial charge on any atom is 0.417 e. The standard InChI is InChI=1S/C26H28F3N3O3/c1-18-3-2-4-22(11-18)35-16-24(34)31-9-7-25(8-10-31)17-32(14-20(25)15-33)21-6-5-19(13-30)23(12-21)26(27,28)29/h2-6,11-12,20,33H,7-10,14-17H2,1H3. The monoisotopic (exact) mass is 487 g/mol. The lowest BCUT2D eigenvalue weighted by molar-refractivity contribution is -0.138. The largest absolute Gasteiger partial charge is 0.484 e. The van der Waals surface area contributed by atoms with Crippen LogP contribution in [0.25, 0.3) is 0 Å². The molecule has 1 spiro atoms. The number of carbonyl (C=O) groups is 1. The van der Waals surface area contributed by atoms with Crippen LogP contribution >= 0.6 is 0 Å². The number of likely N-dealkylation sites (tertiary alicyclic amines) is 1. The Kier molecular flexibility index (Phi) is 6.95. The molecule has 4 rings (SSSR count). The number of aliphatic hydroxyl groups excluding tert-OH is 1. The van der Waals surface area contributed by atoms with E-state index >= 15 is 0 Å². The van der Waals surface area contributed by atoms with Crippen LogP contribution in [0.1, 0.15) is 29.5 Å². The molecule has 1 unspecified atom stereocenters. The molecule has 35 heavy (non-hydrogen) atoms. The van der Waals surface area contributed by atoms with Crippen molar-refractivity contribution in [3.8, 4) is 11.8 Å². The van der Waals surface area contributed by atoms with Crippen LogP contribution in [0, 0.1) is 29.6 Å². The fourth-order valence-electron chi connectivity index (χ4n) is 5.25. The quantitative estimate of drug-likeness (QED) is 0.690. The van der Waals surface area contributed by atoms with Gasteiger partial charge in [0.05, 0.1) is 17.2 Å². The first-order chi connectivity index (χ1) is 16.6. The molecule has 6 nitrogen and oxygen atoms in total. The number of hydrogen-bond acceptors (Lipinski definition) is 5. The van der Waals surface area contributed by atoms with Crippen LogP contribution in [0.15, 0.2) is 42.5 Å². The van der Waals surface area contributed by atoms with Gasteiger partial charge in [0.15, 0.2) is 6.61 Å². The number of ether oxygens (including phenoxy) is 1. The molecule has 186 valence electrons. The Balaban J connectivity index is 1.42. The van der Waals surface area contributed by atoms with Gasteiger partial charge in [-0.15, -0.1) is 0 Å². The number of nitriles is 1. The van der Waals surface area contributed by atoms with Gasteiger partial charge in [-0.2, -0.15) is 18.4 Å². The van der Waals surface area contributed by atoms with Crippen LogP contribution in [0.5, 0.6) is 5.75 Å². The number of benzene rings is 2. The Bertz CT molecular complexity index is 1120. The summed E-state index contributed by atoms with van der Waals surface area (Å²) in [6, 6.07) is 12.8. The van der Waals surface area contributed by atoms with Crippen molar-refractivity contribution in [3.05, 3.63) is 59.2 Å². The Morgan fingerprint density at radius 3 is 2.60 bits per heavy atom. The highest BCUT2D eigenvalue weighted by molar-refractivity contribution is 5.78. The fourth-order valence-corrected chi connectivity index (χ4v) is 5.25. The molecule has 2 fully saturated rings. The molecule has 0 bridgehead atoms. The highest BCUT2D eigenvalue weighted by Gasteiger charge is 2.48. The fraction of sp³-hybridized carbons (Fsp3) is 0.462. The molecular weight excluding hydrogens is 459 g/mol. The number of piperidine rings is 1. The van der Waals surface area contributed by atoms with Crippen LogP contribution in [0.4, 0.5) is 18.9 Å². The van der Waals surface area contributed by atoms with Gasteiger partial charge in [-0.05, 0) is 61.1 Å². The van der Waals surface area contributed by atoms with E-state index in [-0.39, 0.29) is 30.5 Å². The highest BCUT2D eigenvalue weighted by atomic mass is 19.4. The maximum atomic E-state index is 13.4. The summed E-state index contributed by atoms with van der Waals surface area (Å²) in [5.74, 6) is 0.409. The summed E-state index contributed by atoms with van der Waals surface area (Å²) in [6.45, 7) is 3.72. The van der Waals surface area contributed by atoms with Crippen molar-refractivity contribution in [1.82, 2.24) is 4.90 Å². The molecule has 2 heterocycles. The van der Waals surface area contributed by atoms with E-state index in [2.05, 4.69) is 0 Å². The summed E-state index contributed by atoms with van der Waals surface area (Å²) in [5, 5.41) is 19.1. The van der Waals surface area contributed by atoms with Crippen LogP contribution in [0.3, 0.4) is 0 Å². The number of hydrogen-bond donors (Lipinski definition) is 1. The molecule has 0 radical (unpaired) electrons. The molecule has 1 atom stereocenters. The van der Waals surface area contributed by atoms with Crippen molar-refractivity contribution in [1.29, 1.82) is 5.26 Å². The SMILES string of the molecule is Cc1cccc(OCC(=O)N2CCC3(CC2)CN(c2ccc(C#N)c(C(F)(F)F)c2)CC3CO)c1. The second kappa shape index (κ2) is 9.78. The number of alkyl halides is 3. The van der Waals surface area contributed by atoms with Crippen LogP contribution in [0.2, 0.25) is 0 Å². The van der Waals surface area contributed by atoms with Gasteiger partial charge in [0, 0.05) is 44.4 Å². The molecular formula is C26H28F3N3O3. The van der Waals surface area contributed by atoms with E-state index < -0.39 is 17.3 Å². The number of aliphatic hydroxyl groups is 1. The molecule has 1 amide bonds. The average Bonchev–Trinajstić information content (AvgIpc) is 3.19. The lowest BCUT2D eigenvalue weighted by atomic mass is 9.71. The lowest BCUT2D eigenvalue weighted by Crippen LogP contribution is -2.48. The van der Waals surface area contributed by atoms with Crippen LogP contribution < -0.4 is 9.64 Å². The van der Waals surface area contributed by atoms with Gasteiger partial charge in [0.2, 0.25) is 0 Å². The van der Waals surface area contributed by atoms with Gasteiger partial charge in [0.1, 0.15) is 5.75 Å². The second-order valence-corrected chi connectivity index (χ2v) is 9.45. The smallest absolute Gasteiger partial charge is 0.417 e. The van der Waals surface area contributed by atoms with Crippen molar-refractivity contribution in [2.75, 3.05) is 44.3 Å². The number of rotatable bonds is 5. The van der Waals surface area contributed by atoms with Crippen LogP contribution in [-0.2, 0) is 11.0 Å². The van der Waals surface area contributed by atoms with E-state index in [1.807, 2.05) is 30.0 Å². The summed E-state index contributed by atoms with van der Waals surface area (Å²) < 4.78 is 46.0. The normalized spacial score (nSPS) is 19.6. The zero-order valence-corrected chi connectivity index (χ0v) is 19.5. The summed E-state index contributed by atoms with van der Waals surface area (Å²) in [6.07, 6.45) is -3.33. The number of anilines is 1. The predicted octanol–water partition coefficient (Wildman–Crippen LogP) is 4.00. The van der Waals surface area contributed by atoms with Crippen molar-refractivity contribution in [3.63, 3.8) is 0 Å². The summed E-state index contributed by atoms with van der Waals surface area (Å²) in [5.41, 5.74) is -0.228. The third-order valence-electron chi connectivity index (χ3n) is 7.29. The van der Waals surface area contributed by atoms with E-state index in [9.17, 15) is 23.1 Å². The van der Waals surface area contributed by atoms with Crippen molar-refractivity contribution >= 4 is 11.6 Å². The van der Waals surface area contributed by atoms with E-state index in [1.165, 1.54) is 12.1 Å². The molecule has 0 aliphatic carbocycles. The van der Waals surface area contributed by atoms with Gasteiger partial charge in [-0.3, -0.25) is 4.79 Å². The van der Waals surface area contributed by atoms with Gasteiger partial charge in [-0.25, -0.2) is 0 Å². The summed E-state index contributed by atoms with van der Waals surface area (Å²) in [4.78, 5) is 16.3. The molecule has 2 aliphatic rings. The van der Waals surface area contributed by atoms with Crippen LogP contribution in [-0.4, -0.2) is 55.3 Å². The molecule has 2 aliphatic heterocycles. The first-order valence-corrected chi connectivity index (χ1v) is 11.6. The number of nitrogens with zero attached hydrogens (tertiary/aromatic N) is 3. The molecule has 0 aromatic heterocycles. The third kappa shape index (κ3) is 5.22. The van der Waals surface area contributed by atoms with Gasteiger partial charge >= 0.3 is 6.18 Å². The zero-order valence-electron chi connectivity index (χ0n) is 19.5. The molecule has 0 saturated carbocycles. The first-order valence-electron chi connectivity index (χ1n) is 11.6. The predicted molar refractivity (Wildman–Crippen MR) is 124 cm³/mol. The Morgan fingerprint density at radius 2 is 1.97 bits per heavy atom. The zero-order chi connectivity index (χ0) is 25.2.